The molecule has 1 aromatic rings. The van der Waals surface area contributed by atoms with Crippen molar-refractivity contribution in [2.75, 3.05) is 32.5 Å². The molecular formula is C11H18N4O. The number of nitrogens with one attached hydrogen (secondary N) is 1. The third kappa shape index (κ3) is 4.27. The summed E-state index contributed by atoms with van der Waals surface area (Å²) in [6, 6.07) is 3.49. The lowest BCUT2D eigenvalue weighted by Crippen LogP contribution is -2.17. The number of carbonyl (C=O) groups is 1. The summed E-state index contributed by atoms with van der Waals surface area (Å²) in [6.07, 6.45) is 2.62. The van der Waals surface area contributed by atoms with Crippen molar-refractivity contribution in [3.05, 3.63) is 24.0 Å². The summed E-state index contributed by atoms with van der Waals surface area (Å²) in [5.74, 6) is -0.503. The van der Waals surface area contributed by atoms with Gasteiger partial charge in [0.1, 0.15) is 5.69 Å². The zero-order chi connectivity index (χ0) is 12.0. The zero-order valence-electron chi connectivity index (χ0n) is 9.73. The summed E-state index contributed by atoms with van der Waals surface area (Å²) in [6.45, 7) is 1.89. The fourth-order valence-electron chi connectivity index (χ4n) is 1.30. The van der Waals surface area contributed by atoms with Crippen molar-refractivity contribution in [3.8, 4) is 0 Å². The van der Waals surface area contributed by atoms with Gasteiger partial charge < -0.3 is 16.0 Å². The summed E-state index contributed by atoms with van der Waals surface area (Å²) >= 11 is 0. The molecule has 3 N–H and O–H groups in total. The standard InChI is InChI=1S/C11H18N4O/c1-15(2)7-3-5-13-9-4-6-14-10(8-9)11(12)16/h4,6,8H,3,5,7H2,1-2H3,(H2,12,16)(H,13,14). The van der Waals surface area contributed by atoms with Gasteiger partial charge in [-0.15, -0.1) is 0 Å². The van der Waals surface area contributed by atoms with E-state index in [9.17, 15) is 4.79 Å². The molecule has 1 aromatic heterocycles. The number of anilines is 1. The van der Waals surface area contributed by atoms with E-state index in [1.807, 2.05) is 20.2 Å². The highest BCUT2D eigenvalue weighted by atomic mass is 16.1. The van der Waals surface area contributed by atoms with Crippen molar-refractivity contribution in [2.24, 2.45) is 5.73 Å². The third-order valence-corrected chi connectivity index (χ3v) is 2.12. The van der Waals surface area contributed by atoms with E-state index in [-0.39, 0.29) is 5.69 Å². The van der Waals surface area contributed by atoms with Crippen molar-refractivity contribution in [3.63, 3.8) is 0 Å². The lowest BCUT2D eigenvalue weighted by Gasteiger charge is -2.10. The maximum Gasteiger partial charge on any atom is 0.267 e. The molecule has 0 saturated heterocycles. The topological polar surface area (TPSA) is 71.2 Å². The van der Waals surface area contributed by atoms with Gasteiger partial charge in [0.2, 0.25) is 0 Å². The van der Waals surface area contributed by atoms with Crippen LogP contribution >= 0.6 is 0 Å². The van der Waals surface area contributed by atoms with Crippen LogP contribution in [0.15, 0.2) is 18.3 Å². The number of carbonyl (C=O) groups excluding carboxylic acids is 1. The quantitative estimate of drug-likeness (QED) is 0.689. The molecule has 16 heavy (non-hydrogen) atoms. The average molecular weight is 222 g/mol. The first-order chi connectivity index (χ1) is 7.59. The number of nitrogens with two attached hydrogens (primary N) is 1. The largest absolute Gasteiger partial charge is 0.385 e. The van der Waals surface area contributed by atoms with Gasteiger partial charge in [-0.1, -0.05) is 0 Å². The number of amides is 1. The molecule has 1 amide bonds. The van der Waals surface area contributed by atoms with Crippen LogP contribution in [0.3, 0.4) is 0 Å². The Labute approximate surface area is 95.7 Å². The van der Waals surface area contributed by atoms with E-state index in [2.05, 4.69) is 15.2 Å². The van der Waals surface area contributed by atoms with Crippen molar-refractivity contribution in [2.45, 2.75) is 6.42 Å². The molecule has 0 saturated carbocycles. The Kier molecular flexibility index (Phi) is 4.72. The van der Waals surface area contributed by atoms with Crippen LogP contribution in [0, 0.1) is 0 Å². The normalized spacial score (nSPS) is 10.4. The zero-order valence-corrected chi connectivity index (χ0v) is 9.73. The van der Waals surface area contributed by atoms with Crippen molar-refractivity contribution in [1.29, 1.82) is 0 Å². The second-order valence-electron chi connectivity index (χ2n) is 3.88. The molecule has 88 valence electrons. The summed E-state index contributed by atoms with van der Waals surface area (Å²) in [4.78, 5) is 16.9. The Hall–Kier alpha value is -1.62. The minimum atomic E-state index is -0.503. The van der Waals surface area contributed by atoms with Gasteiger partial charge in [-0.25, -0.2) is 0 Å². The first-order valence-electron chi connectivity index (χ1n) is 5.24. The Morgan fingerprint density at radius 3 is 2.94 bits per heavy atom. The first-order valence-corrected chi connectivity index (χ1v) is 5.24. The molecule has 1 rings (SSSR count). The molecule has 0 aliphatic carbocycles. The summed E-state index contributed by atoms with van der Waals surface area (Å²) in [5.41, 5.74) is 6.31. The van der Waals surface area contributed by atoms with Crippen LogP contribution in [0.4, 0.5) is 5.69 Å². The number of primary amides is 1. The maximum absolute atomic E-state index is 10.9. The monoisotopic (exact) mass is 222 g/mol. The first kappa shape index (κ1) is 12.4. The highest BCUT2D eigenvalue weighted by Crippen LogP contribution is 2.07. The lowest BCUT2D eigenvalue weighted by molar-refractivity contribution is 0.0995. The summed E-state index contributed by atoms with van der Waals surface area (Å²) in [7, 11) is 4.08. The Balaban J connectivity index is 2.42. The molecule has 0 radical (unpaired) electrons. The van der Waals surface area contributed by atoms with Crippen LogP contribution < -0.4 is 11.1 Å². The van der Waals surface area contributed by atoms with Crippen LogP contribution in [0.25, 0.3) is 0 Å². The highest BCUT2D eigenvalue weighted by Gasteiger charge is 2.02. The minimum absolute atomic E-state index is 0.289. The second kappa shape index (κ2) is 6.07. The molecular weight excluding hydrogens is 204 g/mol. The van der Waals surface area contributed by atoms with Crippen molar-refractivity contribution < 1.29 is 4.79 Å². The number of aromatic nitrogens is 1. The van der Waals surface area contributed by atoms with Crippen molar-refractivity contribution in [1.82, 2.24) is 9.88 Å². The van der Waals surface area contributed by atoms with Gasteiger partial charge in [-0.3, -0.25) is 9.78 Å². The molecule has 0 aromatic carbocycles. The SMILES string of the molecule is CN(C)CCCNc1ccnc(C(N)=O)c1. The van der Waals surface area contributed by atoms with E-state index in [1.165, 1.54) is 0 Å². The van der Waals surface area contributed by atoms with Crippen LogP contribution in [0.2, 0.25) is 0 Å². The van der Waals surface area contributed by atoms with Gasteiger partial charge in [0.05, 0.1) is 0 Å². The molecule has 1 heterocycles. The van der Waals surface area contributed by atoms with Gasteiger partial charge in [-0.05, 0) is 39.2 Å². The molecule has 0 atom stereocenters. The van der Waals surface area contributed by atoms with E-state index in [0.717, 1.165) is 25.2 Å². The third-order valence-electron chi connectivity index (χ3n) is 2.12. The maximum atomic E-state index is 10.9. The van der Waals surface area contributed by atoms with Gasteiger partial charge >= 0.3 is 0 Å². The molecule has 0 spiro atoms. The lowest BCUT2D eigenvalue weighted by atomic mass is 10.3. The van der Waals surface area contributed by atoms with Gasteiger partial charge in [0.25, 0.3) is 5.91 Å². The molecule has 5 heteroatoms. The molecule has 0 unspecified atom stereocenters. The van der Waals surface area contributed by atoms with Gasteiger partial charge in [-0.2, -0.15) is 0 Å². The van der Waals surface area contributed by atoms with E-state index in [4.69, 9.17) is 5.73 Å². The number of pyridine rings is 1. The molecule has 0 bridgehead atoms. The van der Waals surface area contributed by atoms with E-state index < -0.39 is 5.91 Å². The predicted molar refractivity (Wildman–Crippen MR) is 64.4 cm³/mol. The van der Waals surface area contributed by atoms with Crippen LogP contribution in [0.5, 0.6) is 0 Å². The van der Waals surface area contributed by atoms with E-state index in [0.29, 0.717) is 0 Å². The van der Waals surface area contributed by atoms with Crippen molar-refractivity contribution >= 4 is 11.6 Å². The van der Waals surface area contributed by atoms with Crippen LogP contribution in [-0.2, 0) is 0 Å². The highest BCUT2D eigenvalue weighted by molar-refractivity contribution is 5.91. The Bertz CT molecular complexity index is 352. The minimum Gasteiger partial charge on any atom is -0.385 e. The predicted octanol–water partition coefficient (Wildman–Crippen LogP) is 0.544. The Morgan fingerprint density at radius 1 is 1.56 bits per heavy atom. The second-order valence-corrected chi connectivity index (χ2v) is 3.88. The van der Waals surface area contributed by atoms with E-state index in [1.54, 1.807) is 12.3 Å². The number of rotatable bonds is 6. The Morgan fingerprint density at radius 2 is 2.31 bits per heavy atom. The summed E-state index contributed by atoms with van der Waals surface area (Å²) < 4.78 is 0. The molecule has 0 aliphatic heterocycles. The van der Waals surface area contributed by atoms with Gasteiger partial charge in [0.15, 0.2) is 0 Å². The molecule has 5 nitrogen and oxygen atoms in total. The van der Waals surface area contributed by atoms with E-state index >= 15 is 0 Å². The molecule has 0 aliphatic rings. The van der Waals surface area contributed by atoms with Gasteiger partial charge in [0, 0.05) is 18.4 Å². The van der Waals surface area contributed by atoms with Crippen LogP contribution in [-0.4, -0.2) is 43.0 Å². The fraction of sp³-hybridized carbons (Fsp3) is 0.455. The number of hydrogen-bond donors (Lipinski definition) is 2. The number of nitrogens with zero attached hydrogens (tertiary/aromatic N) is 2. The molecule has 0 fully saturated rings. The average Bonchev–Trinajstić information content (AvgIpc) is 2.24. The van der Waals surface area contributed by atoms with Crippen LogP contribution in [0.1, 0.15) is 16.9 Å². The fourth-order valence-corrected chi connectivity index (χ4v) is 1.30. The smallest absolute Gasteiger partial charge is 0.267 e. The number of hydrogen-bond acceptors (Lipinski definition) is 4. The summed E-state index contributed by atoms with van der Waals surface area (Å²) in [5, 5.41) is 3.22.